The highest BCUT2D eigenvalue weighted by Crippen LogP contribution is 2.27. The predicted octanol–water partition coefficient (Wildman–Crippen LogP) is 7.55. The molecule has 34 heavy (non-hydrogen) atoms. The summed E-state index contributed by atoms with van der Waals surface area (Å²) < 4.78 is 0. The van der Waals surface area contributed by atoms with Crippen molar-refractivity contribution in [3.63, 3.8) is 0 Å². The van der Waals surface area contributed by atoms with Crippen LogP contribution in [0.3, 0.4) is 0 Å². The van der Waals surface area contributed by atoms with Gasteiger partial charge in [0.25, 0.3) is 0 Å². The molecule has 0 saturated carbocycles. The van der Waals surface area contributed by atoms with Crippen LogP contribution in [-0.4, -0.2) is 22.5 Å². The van der Waals surface area contributed by atoms with Crippen molar-refractivity contribution in [3.05, 3.63) is 144 Å². The standard InChI is InChI=1S/C31H31ClN2/c1-25(34(23-26-14-6-2-7-15-26)24-27-16-8-3-9-17-27)30(22-32)33-31(28-18-10-4-11-19-28)29-20-12-5-13-21-29/h2-21,25,31H,22-24H2,1H3/t25-/m0/s1. The molecule has 0 amide bonds. The maximum Gasteiger partial charge on any atom is 0.1000 e. The minimum Gasteiger partial charge on any atom is -0.287 e. The second-order valence-electron chi connectivity index (χ2n) is 8.53. The topological polar surface area (TPSA) is 15.6 Å². The quantitative estimate of drug-likeness (QED) is 0.174. The van der Waals surface area contributed by atoms with Crippen molar-refractivity contribution in [2.75, 3.05) is 5.88 Å². The molecule has 0 aromatic heterocycles. The second kappa shape index (κ2) is 12.3. The summed E-state index contributed by atoms with van der Waals surface area (Å²) >= 11 is 6.57. The van der Waals surface area contributed by atoms with Gasteiger partial charge in [0.2, 0.25) is 0 Å². The predicted molar refractivity (Wildman–Crippen MR) is 144 cm³/mol. The van der Waals surface area contributed by atoms with E-state index in [-0.39, 0.29) is 12.1 Å². The average molecular weight is 467 g/mol. The van der Waals surface area contributed by atoms with E-state index in [0.29, 0.717) is 5.88 Å². The van der Waals surface area contributed by atoms with Gasteiger partial charge in [0, 0.05) is 24.8 Å². The summed E-state index contributed by atoms with van der Waals surface area (Å²) in [5.74, 6) is 0.386. The first kappa shape index (κ1) is 23.9. The molecule has 0 aliphatic heterocycles. The molecule has 0 unspecified atom stereocenters. The third kappa shape index (κ3) is 6.44. The fraction of sp³-hybridized carbons (Fsp3) is 0.194. The van der Waals surface area contributed by atoms with Crippen molar-refractivity contribution in [1.29, 1.82) is 0 Å². The van der Waals surface area contributed by atoms with Gasteiger partial charge in [-0.1, -0.05) is 121 Å². The van der Waals surface area contributed by atoms with Crippen LogP contribution >= 0.6 is 11.6 Å². The molecule has 0 N–H and O–H groups in total. The first-order valence-electron chi connectivity index (χ1n) is 11.8. The maximum absolute atomic E-state index is 6.57. The van der Waals surface area contributed by atoms with Crippen LogP contribution in [0.1, 0.15) is 35.2 Å². The Morgan fingerprint density at radius 3 is 1.41 bits per heavy atom. The molecule has 0 fully saturated rings. The van der Waals surface area contributed by atoms with Crippen LogP contribution in [0.5, 0.6) is 0 Å². The van der Waals surface area contributed by atoms with Crippen LogP contribution in [-0.2, 0) is 13.1 Å². The molecule has 0 aliphatic carbocycles. The van der Waals surface area contributed by atoms with Crippen molar-refractivity contribution in [2.45, 2.75) is 32.1 Å². The highest BCUT2D eigenvalue weighted by molar-refractivity contribution is 6.29. The average Bonchev–Trinajstić information content (AvgIpc) is 2.91. The van der Waals surface area contributed by atoms with Gasteiger partial charge in [-0.3, -0.25) is 9.89 Å². The summed E-state index contributed by atoms with van der Waals surface area (Å²) in [5.41, 5.74) is 5.89. The van der Waals surface area contributed by atoms with Gasteiger partial charge in [0.05, 0.1) is 11.9 Å². The number of benzene rings is 4. The van der Waals surface area contributed by atoms with Gasteiger partial charge in [0.1, 0.15) is 0 Å². The minimum atomic E-state index is -0.0890. The minimum absolute atomic E-state index is 0.0767. The summed E-state index contributed by atoms with van der Waals surface area (Å²) in [6.45, 7) is 3.88. The molecule has 3 heteroatoms. The third-order valence-corrected chi connectivity index (χ3v) is 6.42. The van der Waals surface area contributed by atoms with Crippen molar-refractivity contribution in [3.8, 4) is 0 Å². The Labute approximate surface area is 208 Å². The lowest BCUT2D eigenvalue weighted by atomic mass is 9.98. The molecule has 2 nitrogen and oxygen atoms in total. The summed E-state index contributed by atoms with van der Waals surface area (Å²) in [6.07, 6.45) is 0. The molecule has 4 aromatic rings. The smallest absolute Gasteiger partial charge is 0.1000 e. The van der Waals surface area contributed by atoms with Crippen LogP contribution in [0.4, 0.5) is 0 Å². The Bertz CT molecular complexity index is 1060. The van der Waals surface area contributed by atoms with E-state index in [9.17, 15) is 0 Å². The van der Waals surface area contributed by atoms with E-state index < -0.39 is 0 Å². The zero-order chi connectivity index (χ0) is 23.6. The van der Waals surface area contributed by atoms with E-state index in [1.165, 1.54) is 22.3 Å². The second-order valence-corrected chi connectivity index (χ2v) is 8.80. The van der Waals surface area contributed by atoms with Gasteiger partial charge in [-0.2, -0.15) is 0 Å². The van der Waals surface area contributed by atoms with E-state index in [0.717, 1.165) is 18.8 Å². The number of rotatable bonds is 10. The fourth-order valence-corrected chi connectivity index (χ4v) is 4.50. The van der Waals surface area contributed by atoms with Gasteiger partial charge in [-0.15, -0.1) is 11.6 Å². The highest BCUT2D eigenvalue weighted by Gasteiger charge is 2.22. The van der Waals surface area contributed by atoms with Gasteiger partial charge in [0.15, 0.2) is 0 Å². The monoisotopic (exact) mass is 466 g/mol. The molecule has 0 bridgehead atoms. The largest absolute Gasteiger partial charge is 0.287 e. The van der Waals surface area contributed by atoms with Gasteiger partial charge < -0.3 is 0 Å². The molecule has 4 rings (SSSR count). The Hall–Kier alpha value is -3.20. The zero-order valence-electron chi connectivity index (χ0n) is 19.6. The summed E-state index contributed by atoms with van der Waals surface area (Å²) in [7, 11) is 0. The van der Waals surface area contributed by atoms with Crippen LogP contribution < -0.4 is 0 Å². The Balaban J connectivity index is 1.68. The molecule has 0 saturated heterocycles. The first-order valence-corrected chi connectivity index (χ1v) is 12.3. The molecule has 172 valence electrons. The number of alkyl halides is 1. The number of nitrogens with zero attached hydrogens (tertiary/aromatic N) is 2. The van der Waals surface area contributed by atoms with Crippen LogP contribution in [0.15, 0.2) is 126 Å². The van der Waals surface area contributed by atoms with E-state index in [1.54, 1.807) is 0 Å². The van der Waals surface area contributed by atoms with Crippen LogP contribution in [0.25, 0.3) is 0 Å². The SMILES string of the molecule is C[C@@H](C(CCl)=NC(c1ccccc1)c1ccccc1)N(Cc1ccccc1)Cc1ccccc1. The number of hydrogen-bond donors (Lipinski definition) is 0. The summed E-state index contributed by atoms with van der Waals surface area (Å²) in [5, 5.41) is 0. The number of aliphatic imine (C=N–C) groups is 1. The van der Waals surface area contributed by atoms with Crippen molar-refractivity contribution in [2.24, 2.45) is 4.99 Å². The van der Waals surface area contributed by atoms with Gasteiger partial charge >= 0.3 is 0 Å². The van der Waals surface area contributed by atoms with Crippen molar-refractivity contribution >= 4 is 17.3 Å². The van der Waals surface area contributed by atoms with Gasteiger partial charge in [-0.05, 0) is 29.2 Å². The molecule has 1 atom stereocenters. The molecule has 0 radical (unpaired) electrons. The lowest BCUT2D eigenvalue weighted by molar-refractivity contribution is 0.234. The molecular weight excluding hydrogens is 436 g/mol. The van der Waals surface area contributed by atoms with Crippen molar-refractivity contribution in [1.82, 2.24) is 4.90 Å². The Morgan fingerprint density at radius 1 is 0.647 bits per heavy atom. The number of hydrogen-bond acceptors (Lipinski definition) is 2. The molecule has 0 spiro atoms. The van der Waals surface area contributed by atoms with Crippen LogP contribution in [0, 0.1) is 0 Å². The summed E-state index contributed by atoms with van der Waals surface area (Å²) in [6, 6.07) is 42.1. The Morgan fingerprint density at radius 2 is 1.03 bits per heavy atom. The van der Waals surface area contributed by atoms with E-state index in [2.05, 4.69) is 121 Å². The molecule has 4 aromatic carbocycles. The zero-order valence-corrected chi connectivity index (χ0v) is 20.4. The normalized spacial score (nSPS) is 12.8. The molecular formula is C31H31ClN2. The lowest BCUT2D eigenvalue weighted by Gasteiger charge is -2.31. The third-order valence-electron chi connectivity index (χ3n) is 6.15. The van der Waals surface area contributed by atoms with Crippen LogP contribution in [0.2, 0.25) is 0 Å². The molecule has 0 aliphatic rings. The fourth-order valence-electron chi connectivity index (χ4n) is 4.21. The Kier molecular flexibility index (Phi) is 8.67. The summed E-state index contributed by atoms with van der Waals surface area (Å²) in [4.78, 5) is 7.74. The van der Waals surface area contributed by atoms with E-state index in [1.807, 2.05) is 12.1 Å². The van der Waals surface area contributed by atoms with Crippen molar-refractivity contribution < 1.29 is 0 Å². The highest BCUT2D eigenvalue weighted by atomic mass is 35.5. The molecule has 0 heterocycles. The lowest BCUT2D eigenvalue weighted by Crippen LogP contribution is -2.39. The van der Waals surface area contributed by atoms with E-state index in [4.69, 9.17) is 16.6 Å². The first-order chi connectivity index (χ1) is 16.7. The van der Waals surface area contributed by atoms with E-state index >= 15 is 0 Å². The number of halogens is 1. The van der Waals surface area contributed by atoms with Gasteiger partial charge in [-0.25, -0.2) is 0 Å². The maximum atomic E-state index is 6.57.